The average molecular weight is 427 g/mol. The molecule has 0 bridgehead atoms. The molecule has 0 aromatic heterocycles. The molecule has 0 saturated heterocycles. The van der Waals surface area contributed by atoms with E-state index >= 15 is 0 Å². The Bertz CT molecular complexity index is 1040. The first-order chi connectivity index (χ1) is 15.6. The number of aryl methyl sites for hydroxylation is 1. The third-order valence-corrected chi connectivity index (χ3v) is 7.27. The van der Waals surface area contributed by atoms with Gasteiger partial charge < -0.3 is 9.80 Å². The summed E-state index contributed by atoms with van der Waals surface area (Å²) in [5, 5.41) is 0. The minimum Gasteiger partial charge on any atom is -0.356 e. The number of rotatable bonds is 6. The lowest BCUT2D eigenvalue weighted by Crippen LogP contribution is -2.42. The number of allylic oxidation sites excluding steroid dienone is 4. The summed E-state index contributed by atoms with van der Waals surface area (Å²) in [5.74, 6) is 0.429. The first-order valence-corrected chi connectivity index (χ1v) is 12.1. The van der Waals surface area contributed by atoms with E-state index < -0.39 is 0 Å². The first-order valence-electron chi connectivity index (χ1n) is 12.1. The molecule has 32 heavy (non-hydrogen) atoms. The molecule has 166 valence electrons. The van der Waals surface area contributed by atoms with Gasteiger partial charge in [0.15, 0.2) is 0 Å². The van der Waals surface area contributed by atoms with E-state index in [0.29, 0.717) is 6.54 Å². The highest BCUT2D eigenvalue weighted by atomic mass is 16.2. The van der Waals surface area contributed by atoms with E-state index in [-0.39, 0.29) is 17.9 Å². The average Bonchev–Trinajstić information content (AvgIpc) is 3.45. The van der Waals surface area contributed by atoms with Gasteiger partial charge in [0.1, 0.15) is 5.70 Å². The maximum atomic E-state index is 13.6. The fourth-order valence-corrected chi connectivity index (χ4v) is 5.56. The molecule has 0 N–H and O–H groups in total. The number of nitrogens with zero attached hydrogens (tertiary/aromatic N) is 2. The van der Waals surface area contributed by atoms with E-state index in [0.717, 1.165) is 37.2 Å². The van der Waals surface area contributed by atoms with E-state index in [1.165, 1.54) is 42.4 Å². The summed E-state index contributed by atoms with van der Waals surface area (Å²) < 4.78 is 0. The van der Waals surface area contributed by atoms with Gasteiger partial charge in [0.05, 0.1) is 6.04 Å². The van der Waals surface area contributed by atoms with Gasteiger partial charge in [-0.05, 0) is 68.2 Å². The number of benzene rings is 1. The van der Waals surface area contributed by atoms with Crippen molar-refractivity contribution < 1.29 is 4.79 Å². The molecule has 2 unspecified atom stereocenters. The fraction of sp³-hybridized carbons (Fsp3) is 0.414. The van der Waals surface area contributed by atoms with Crippen molar-refractivity contribution >= 4 is 5.91 Å². The molecular formula is C29H34N2O. The normalized spacial score (nSPS) is 23.7. The SMILES string of the molecule is C=C(C)CN1C(C(=O)N2CCc3cc(CCC4=CCCC4)ccc3C2)=CC2C=CC=CC21. The lowest BCUT2D eigenvalue weighted by Gasteiger charge is -2.34. The standard InChI is InChI=1S/C29H34N2O/c1-21(2)19-31-27-10-6-5-9-25(27)18-28(31)29(32)30-16-15-24-17-23(13-14-26(24)20-30)12-11-22-7-3-4-8-22/h5-7,9-10,13-14,17-18,25,27H,1,3-4,8,11-12,15-16,19-20H2,2H3. The lowest BCUT2D eigenvalue weighted by molar-refractivity contribution is -0.129. The van der Waals surface area contributed by atoms with E-state index in [4.69, 9.17) is 0 Å². The second-order valence-electron chi connectivity index (χ2n) is 9.81. The molecule has 2 heterocycles. The molecule has 1 amide bonds. The van der Waals surface area contributed by atoms with Crippen LogP contribution >= 0.6 is 0 Å². The van der Waals surface area contributed by atoms with Crippen molar-refractivity contribution in [2.75, 3.05) is 13.1 Å². The predicted molar refractivity (Wildman–Crippen MR) is 131 cm³/mol. The van der Waals surface area contributed by atoms with E-state index in [1.54, 1.807) is 5.57 Å². The van der Waals surface area contributed by atoms with Gasteiger partial charge in [-0.15, -0.1) is 0 Å². The molecule has 5 rings (SSSR count). The second-order valence-corrected chi connectivity index (χ2v) is 9.81. The van der Waals surface area contributed by atoms with Crippen LogP contribution in [0.4, 0.5) is 0 Å². The van der Waals surface area contributed by atoms with Crippen LogP contribution in [0, 0.1) is 5.92 Å². The topological polar surface area (TPSA) is 23.6 Å². The highest BCUT2D eigenvalue weighted by molar-refractivity contribution is 5.94. The summed E-state index contributed by atoms with van der Waals surface area (Å²) in [7, 11) is 0. The number of carbonyl (C=O) groups is 1. The fourth-order valence-electron chi connectivity index (χ4n) is 5.56. The van der Waals surface area contributed by atoms with Gasteiger partial charge in [0, 0.05) is 25.6 Å². The van der Waals surface area contributed by atoms with Crippen LogP contribution in [0.1, 0.15) is 49.3 Å². The zero-order chi connectivity index (χ0) is 22.1. The maximum Gasteiger partial charge on any atom is 0.270 e. The van der Waals surface area contributed by atoms with Gasteiger partial charge in [-0.25, -0.2) is 0 Å². The minimum atomic E-state index is 0.158. The molecule has 3 nitrogen and oxygen atoms in total. The van der Waals surface area contributed by atoms with Crippen molar-refractivity contribution in [3.05, 3.63) is 94.8 Å². The molecule has 0 radical (unpaired) electrons. The Morgan fingerprint density at radius 3 is 2.81 bits per heavy atom. The molecule has 4 aliphatic rings. The molecule has 0 spiro atoms. The van der Waals surface area contributed by atoms with Crippen LogP contribution in [0.5, 0.6) is 0 Å². The summed E-state index contributed by atoms with van der Waals surface area (Å²) >= 11 is 0. The summed E-state index contributed by atoms with van der Waals surface area (Å²) in [6.07, 6.45) is 20.3. The van der Waals surface area contributed by atoms with Crippen LogP contribution in [-0.4, -0.2) is 34.8 Å². The van der Waals surface area contributed by atoms with Crippen molar-refractivity contribution in [2.24, 2.45) is 5.92 Å². The molecule has 2 atom stereocenters. The van der Waals surface area contributed by atoms with Crippen molar-refractivity contribution in [3.8, 4) is 0 Å². The number of amides is 1. The summed E-state index contributed by atoms with van der Waals surface area (Å²) in [5.41, 5.74) is 7.71. The quantitative estimate of drug-likeness (QED) is 0.561. The van der Waals surface area contributed by atoms with Gasteiger partial charge in [-0.3, -0.25) is 4.79 Å². The summed E-state index contributed by atoms with van der Waals surface area (Å²) in [6, 6.07) is 7.14. The van der Waals surface area contributed by atoms with Crippen molar-refractivity contribution in [2.45, 2.75) is 58.0 Å². The Morgan fingerprint density at radius 2 is 2.00 bits per heavy atom. The van der Waals surface area contributed by atoms with Crippen LogP contribution in [0.15, 0.2) is 78.1 Å². The molecular weight excluding hydrogens is 392 g/mol. The van der Waals surface area contributed by atoms with Crippen LogP contribution in [0.2, 0.25) is 0 Å². The lowest BCUT2D eigenvalue weighted by atomic mass is 9.94. The van der Waals surface area contributed by atoms with Crippen LogP contribution < -0.4 is 0 Å². The molecule has 2 aliphatic heterocycles. The third kappa shape index (κ3) is 4.26. The van der Waals surface area contributed by atoms with E-state index in [2.05, 4.69) is 66.1 Å². The summed E-state index contributed by atoms with van der Waals surface area (Å²) in [4.78, 5) is 17.9. The van der Waals surface area contributed by atoms with Crippen LogP contribution in [0.3, 0.4) is 0 Å². The van der Waals surface area contributed by atoms with Gasteiger partial charge in [-0.1, -0.05) is 66.3 Å². The Kier molecular flexibility index (Phi) is 5.91. The molecule has 2 aliphatic carbocycles. The monoisotopic (exact) mass is 426 g/mol. The van der Waals surface area contributed by atoms with E-state index in [1.807, 2.05) is 11.8 Å². The van der Waals surface area contributed by atoms with Gasteiger partial charge in [0.25, 0.3) is 5.91 Å². The highest BCUT2D eigenvalue weighted by Crippen LogP contribution is 2.34. The second kappa shape index (κ2) is 8.97. The minimum absolute atomic E-state index is 0.158. The Morgan fingerprint density at radius 1 is 1.12 bits per heavy atom. The Hall–Kier alpha value is -2.81. The molecule has 0 fully saturated rings. The predicted octanol–water partition coefficient (Wildman–Crippen LogP) is 5.50. The van der Waals surface area contributed by atoms with Crippen molar-refractivity contribution in [1.82, 2.24) is 9.80 Å². The number of hydrogen-bond donors (Lipinski definition) is 0. The van der Waals surface area contributed by atoms with Gasteiger partial charge >= 0.3 is 0 Å². The maximum absolute atomic E-state index is 13.6. The molecule has 0 saturated carbocycles. The summed E-state index contributed by atoms with van der Waals surface area (Å²) in [6.45, 7) is 8.36. The third-order valence-electron chi connectivity index (χ3n) is 7.27. The Labute approximate surface area is 192 Å². The molecule has 3 heteroatoms. The largest absolute Gasteiger partial charge is 0.356 e. The number of fused-ring (bicyclic) bond motifs is 2. The zero-order valence-corrected chi connectivity index (χ0v) is 19.2. The number of carbonyl (C=O) groups excluding carboxylic acids is 1. The van der Waals surface area contributed by atoms with Crippen molar-refractivity contribution in [1.29, 1.82) is 0 Å². The zero-order valence-electron chi connectivity index (χ0n) is 19.2. The highest BCUT2D eigenvalue weighted by Gasteiger charge is 2.37. The van der Waals surface area contributed by atoms with Crippen LogP contribution in [0.25, 0.3) is 0 Å². The van der Waals surface area contributed by atoms with Gasteiger partial charge in [-0.2, -0.15) is 0 Å². The van der Waals surface area contributed by atoms with E-state index in [9.17, 15) is 4.79 Å². The smallest absolute Gasteiger partial charge is 0.270 e. The molecule has 1 aromatic rings. The van der Waals surface area contributed by atoms with Crippen LogP contribution in [-0.2, 0) is 24.2 Å². The van der Waals surface area contributed by atoms with Crippen molar-refractivity contribution in [3.63, 3.8) is 0 Å². The number of hydrogen-bond acceptors (Lipinski definition) is 2. The molecule has 1 aromatic carbocycles. The Balaban J connectivity index is 1.28. The van der Waals surface area contributed by atoms with Gasteiger partial charge in [0.2, 0.25) is 0 Å². The first kappa shape index (κ1) is 21.1.